The van der Waals surface area contributed by atoms with Crippen LogP contribution in [0.25, 0.3) is 11.1 Å². The van der Waals surface area contributed by atoms with Crippen LogP contribution in [-0.4, -0.2) is 16.0 Å². The zero-order valence-electron chi connectivity index (χ0n) is 24.2. The average molecular weight is 546 g/mol. The van der Waals surface area contributed by atoms with Crippen LogP contribution in [0.15, 0.2) is 64.2 Å². The Morgan fingerprint density at radius 1 is 1.13 bits per heavy atom. The Kier molecular flexibility index (Phi) is 9.60. The second kappa shape index (κ2) is 12.9. The van der Waals surface area contributed by atoms with Gasteiger partial charge in [-0.2, -0.15) is 0 Å². The molecule has 0 bridgehead atoms. The summed E-state index contributed by atoms with van der Waals surface area (Å²) in [6, 6.07) is 15.1. The third-order valence-electron chi connectivity index (χ3n) is 8.15. The summed E-state index contributed by atoms with van der Waals surface area (Å²) in [6.45, 7) is 15.4. The van der Waals surface area contributed by atoms with Gasteiger partial charge in [-0.1, -0.05) is 88.2 Å². The number of amides is 1. The van der Waals surface area contributed by atoms with E-state index in [0.717, 1.165) is 84.7 Å². The van der Waals surface area contributed by atoms with Gasteiger partial charge in [-0.05, 0) is 86.2 Å². The molecule has 1 amide bonds. The number of nitrogens with zero attached hydrogens (tertiary/aromatic N) is 2. The predicted octanol–water partition coefficient (Wildman–Crippen LogP) is 9.25. The molecule has 5 nitrogen and oxygen atoms in total. The summed E-state index contributed by atoms with van der Waals surface area (Å²) in [4.78, 5) is 16.9. The van der Waals surface area contributed by atoms with Crippen molar-refractivity contribution in [1.29, 1.82) is 0 Å². The van der Waals surface area contributed by atoms with E-state index in [0.29, 0.717) is 6.54 Å². The summed E-state index contributed by atoms with van der Waals surface area (Å²) < 4.78 is 8.68. The number of unbranched alkanes of at least 4 members (excludes halogenated alkanes) is 1. The number of aryl methyl sites for hydroxylation is 2. The molecule has 0 saturated heterocycles. The lowest BCUT2D eigenvalue weighted by molar-refractivity contribution is -0.139. The highest BCUT2D eigenvalue weighted by Gasteiger charge is 2.39. The van der Waals surface area contributed by atoms with E-state index in [1.165, 1.54) is 16.7 Å². The molecular weight excluding hydrogens is 502 g/mol. The Labute approximate surface area is 238 Å². The number of nitrogens with one attached hydrogen (secondary N) is 1. The molecule has 0 spiro atoms. The summed E-state index contributed by atoms with van der Waals surface area (Å²) in [7, 11) is 0. The molecular formula is C33H43N3O2S. The van der Waals surface area contributed by atoms with Gasteiger partial charge in [0.2, 0.25) is 5.91 Å². The molecule has 1 aliphatic rings. The van der Waals surface area contributed by atoms with Gasteiger partial charge in [-0.25, -0.2) is 0 Å². The van der Waals surface area contributed by atoms with Crippen molar-refractivity contribution in [2.45, 2.75) is 97.4 Å². The highest BCUT2D eigenvalue weighted by Crippen LogP contribution is 2.41. The highest BCUT2D eigenvalue weighted by atomic mass is 32.2. The van der Waals surface area contributed by atoms with E-state index in [4.69, 9.17) is 4.52 Å². The first-order valence-electron chi connectivity index (χ1n) is 14.3. The van der Waals surface area contributed by atoms with Gasteiger partial charge in [0.15, 0.2) is 5.82 Å². The van der Waals surface area contributed by atoms with Gasteiger partial charge in [0.25, 0.3) is 0 Å². The van der Waals surface area contributed by atoms with Crippen molar-refractivity contribution in [2.24, 2.45) is 5.41 Å². The van der Waals surface area contributed by atoms with E-state index < -0.39 is 0 Å². The minimum absolute atomic E-state index is 0.245. The fourth-order valence-corrected chi connectivity index (χ4v) is 6.25. The molecule has 0 atom stereocenters. The van der Waals surface area contributed by atoms with Gasteiger partial charge < -0.3 is 14.1 Å². The van der Waals surface area contributed by atoms with Crippen LogP contribution in [0.4, 0.5) is 5.82 Å². The van der Waals surface area contributed by atoms with Gasteiger partial charge in [0.1, 0.15) is 5.76 Å². The van der Waals surface area contributed by atoms with Crippen molar-refractivity contribution in [2.75, 3.05) is 4.72 Å². The van der Waals surface area contributed by atoms with Crippen molar-refractivity contribution in [1.82, 2.24) is 10.1 Å². The Morgan fingerprint density at radius 3 is 2.54 bits per heavy atom. The van der Waals surface area contributed by atoms with Gasteiger partial charge in [0, 0.05) is 21.6 Å². The summed E-state index contributed by atoms with van der Waals surface area (Å²) in [5.74, 6) is 1.82. The molecule has 6 heteroatoms. The number of carbonyl (C=O) groups excluding carboxylic acids is 1. The Balaban J connectivity index is 1.60. The van der Waals surface area contributed by atoms with Crippen molar-refractivity contribution >= 4 is 23.7 Å². The van der Waals surface area contributed by atoms with Gasteiger partial charge >= 0.3 is 0 Å². The van der Waals surface area contributed by atoms with Gasteiger partial charge in [-0.3, -0.25) is 4.79 Å². The quantitative estimate of drug-likeness (QED) is 0.230. The highest BCUT2D eigenvalue weighted by molar-refractivity contribution is 8.00. The number of hydrogen-bond acceptors (Lipinski definition) is 5. The van der Waals surface area contributed by atoms with Crippen LogP contribution in [0.1, 0.15) is 88.2 Å². The van der Waals surface area contributed by atoms with Crippen LogP contribution < -0.4 is 4.72 Å². The Bertz CT molecular complexity index is 1310. The SMILES string of the molecule is C=C(CCCC)N(Cc1ccc(-c2ccccc2SNc2noc(C)c2C)c(CC)c1)C(=O)C1(C)CCCC1. The fourth-order valence-electron chi connectivity index (χ4n) is 5.42. The van der Waals surface area contributed by atoms with Crippen LogP contribution in [0.3, 0.4) is 0 Å². The lowest BCUT2D eigenvalue weighted by atomic mass is 9.86. The molecule has 1 saturated carbocycles. The van der Waals surface area contributed by atoms with E-state index in [9.17, 15) is 4.79 Å². The average Bonchev–Trinajstić information content (AvgIpc) is 3.54. The lowest BCUT2D eigenvalue weighted by Gasteiger charge is -2.33. The molecule has 0 radical (unpaired) electrons. The van der Waals surface area contributed by atoms with Crippen LogP contribution >= 0.6 is 11.9 Å². The number of allylic oxidation sites excluding steroid dienone is 1. The maximum absolute atomic E-state index is 13.8. The minimum Gasteiger partial charge on any atom is -0.359 e. The molecule has 1 fully saturated rings. The van der Waals surface area contributed by atoms with E-state index >= 15 is 0 Å². The number of anilines is 1. The van der Waals surface area contributed by atoms with Crippen LogP contribution in [-0.2, 0) is 17.8 Å². The maximum Gasteiger partial charge on any atom is 0.232 e. The molecule has 1 aliphatic carbocycles. The molecule has 1 heterocycles. The van der Waals surface area contributed by atoms with Crippen molar-refractivity contribution in [3.63, 3.8) is 0 Å². The molecule has 1 aromatic heterocycles. The fraction of sp³-hybridized carbons (Fsp3) is 0.455. The van der Waals surface area contributed by atoms with Crippen molar-refractivity contribution in [3.8, 4) is 11.1 Å². The van der Waals surface area contributed by atoms with Crippen LogP contribution in [0.5, 0.6) is 0 Å². The molecule has 0 unspecified atom stereocenters. The van der Waals surface area contributed by atoms with E-state index in [1.807, 2.05) is 18.7 Å². The van der Waals surface area contributed by atoms with Crippen molar-refractivity contribution < 1.29 is 9.32 Å². The predicted molar refractivity (Wildman–Crippen MR) is 163 cm³/mol. The number of hydrogen-bond donors (Lipinski definition) is 1. The van der Waals surface area contributed by atoms with Crippen molar-refractivity contribution in [3.05, 3.63) is 77.2 Å². The van der Waals surface area contributed by atoms with E-state index in [2.05, 4.69) is 79.7 Å². The van der Waals surface area contributed by atoms with E-state index in [-0.39, 0.29) is 11.3 Å². The third kappa shape index (κ3) is 6.60. The monoisotopic (exact) mass is 545 g/mol. The van der Waals surface area contributed by atoms with Gasteiger partial charge in [0.05, 0.1) is 6.54 Å². The van der Waals surface area contributed by atoms with Crippen LogP contribution in [0, 0.1) is 19.3 Å². The third-order valence-corrected chi connectivity index (χ3v) is 9.02. The molecule has 0 aliphatic heterocycles. The summed E-state index contributed by atoms with van der Waals surface area (Å²) in [6.07, 6.45) is 8.11. The summed E-state index contributed by atoms with van der Waals surface area (Å²) in [5.41, 5.74) is 6.51. The first-order chi connectivity index (χ1) is 18.8. The maximum atomic E-state index is 13.8. The zero-order chi connectivity index (χ0) is 28.0. The molecule has 1 N–H and O–H groups in total. The smallest absolute Gasteiger partial charge is 0.232 e. The Hall–Kier alpha value is -2.99. The largest absolute Gasteiger partial charge is 0.359 e. The number of carbonyl (C=O) groups is 1. The molecule has 39 heavy (non-hydrogen) atoms. The Morgan fingerprint density at radius 2 is 1.87 bits per heavy atom. The van der Waals surface area contributed by atoms with Crippen LogP contribution in [0.2, 0.25) is 0 Å². The lowest BCUT2D eigenvalue weighted by Crippen LogP contribution is -2.40. The molecule has 2 aromatic carbocycles. The standard InChI is InChI=1S/C33H43N3O2S/c1-7-9-14-23(3)36(32(37)33(6)19-12-13-20-33)22-26-17-18-28(27(8-2)21-26)29-15-10-11-16-30(29)39-35-31-24(4)25(5)38-34-31/h10-11,15-18,21H,3,7-9,12-14,19-20,22H2,1-2,4-6H3,(H,34,35). The molecule has 4 rings (SSSR count). The molecule has 3 aromatic rings. The summed E-state index contributed by atoms with van der Waals surface area (Å²) >= 11 is 1.55. The number of benzene rings is 2. The van der Waals surface area contributed by atoms with E-state index in [1.54, 1.807) is 11.9 Å². The normalized spacial score (nSPS) is 14.4. The topological polar surface area (TPSA) is 58.4 Å². The number of rotatable bonds is 12. The molecule has 208 valence electrons. The minimum atomic E-state index is -0.271. The zero-order valence-corrected chi connectivity index (χ0v) is 25.0. The number of aromatic nitrogens is 1. The van der Waals surface area contributed by atoms with Gasteiger partial charge in [-0.15, -0.1) is 0 Å². The first-order valence-corrected chi connectivity index (χ1v) is 15.2. The first kappa shape index (κ1) is 29.0. The second-order valence-electron chi connectivity index (χ2n) is 11.1. The summed E-state index contributed by atoms with van der Waals surface area (Å²) in [5, 5.41) is 4.14. The second-order valence-corrected chi connectivity index (χ2v) is 11.9.